The second-order valence-corrected chi connectivity index (χ2v) is 8.12. The van der Waals surface area contributed by atoms with E-state index in [9.17, 15) is 15.6 Å². The molecule has 32 heavy (non-hydrogen) atoms. The molecule has 3 N–H and O–H groups in total. The average molecular weight is 428 g/mol. The number of nitrogen functional groups attached to an aromatic ring is 1. The number of aryl methyl sites for hydroxylation is 1. The van der Waals surface area contributed by atoms with E-state index in [1.807, 2.05) is 6.07 Å². The van der Waals surface area contributed by atoms with Crippen LogP contribution in [0.2, 0.25) is 0 Å². The van der Waals surface area contributed by atoms with Gasteiger partial charge >= 0.3 is 0 Å². The van der Waals surface area contributed by atoms with Gasteiger partial charge in [-0.25, -0.2) is 9.50 Å². The smallest absolute Gasteiger partial charge is 0.155 e. The van der Waals surface area contributed by atoms with Gasteiger partial charge in [-0.15, -0.1) is 0 Å². The number of aromatic nitrogens is 7. The summed E-state index contributed by atoms with van der Waals surface area (Å²) in [5, 5.41) is 41.4. The van der Waals surface area contributed by atoms with Gasteiger partial charge in [-0.1, -0.05) is 0 Å². The van der Waals surface area contributed by atoms with E-state index in [2.05, 4.69) is 27.4 Å². The van der Waals surface area contributed by atoms with Gasteiger partial charge < -0.3 is 10.8 Å². The van der Waals surface area contributed by atoms with E-state index in [-0.39, 0.29) is 24.8 Å². The van der Waals surface area contributed by atoms with Crippen molar-refractivity contribution in [2.45, 2.75) is 31.4 Å². The van der Waals surface area contributed by atoms with Crippen molar-refractivity contribution in [1.29, 1.82) is 10.5 Å². The van der Waals surface area contributed by atoms with Crippen molar-refractivity contribution < 1.29 is 5.11 Å². The van der Waals surface area contributed by atoms with Crippen LogP contribution >= 0.6 is 0 Å². The van der Waals surface area contributed by atoms with Crippen molar-refractivity contribution in [3.63, 3.8) is 0 Å². The second kappa shape index (κ2) is 7.18. The van der Waals surface area contributed by atoms with Crippen molar-refractivity contribution in [1.82, 2.24) is 34.2 Å². The maximum Gasteiger partial charge on any atom is 0.155 e. The minimum Gasteiger partial charge on any atom is -0.390 e. The summed E-state index contributed by atoms with van der Waals surface area (Å²) in [6.45, 7) is -0.221. The minimum atomic E-state index is -0.539. The van der Waals surface area contributed by atoms with Gasteiger partial charge in [0.05, 0.1) is 71.5 Å². The number of aliphatic hydroxyl groups is 1. The maximum atomic E-state index is 9.71. The van der Waals surface area contributed by atoms with E-state index >= 15 is 0 Å². The number of hydrogen-bond donors (Lipinski definition) is 2. The number of aliphatic hydroxyl groups excluding tert-OH is 1. The normalized spacial score (nSPS) is 20.1. The molecule has 0 unspecified atom stereocenters. The maximum absolute atomic E-state index is 9.71. The third-order valence-electron chi connectivity index (χ3n) is 6.05. The third-order valence-corrected chi connectivity index (χ3v) is 6.05. The molecule has 11 heteroatoms. The number of anilines is 1. The van der Waals surface area contributed by atoms with E-state index in [0.29, 0.717) is 41.1 Å². The van der Waals surface area contributed by atoms with Crippen LogP contribution in [0.1, 0.15) is 25.0 Å². The van der Waals surface area contributed by atoms with Crippen molar-refractivity contribution in [3.05, 3.63) is 36.5 Å². The first-order chi connectivity index (χ1) is 15.5. The highest BCUT2D eigenvalue weighted by molar-refractivity contribution is 5.84. The summed E-state index contributed by atoms with van der Waals surface area (Å²) < 4.78 is 5.04. The molecule has 0 atom stereocenters. The van der Waals surface area contributed by atoms with Gasteiger partial charge in [-0.3, -0.25) is 9.36 Å². The second-order valence-electron chi connectivity index (χ2n) is 8.12. The highest BCUT2D eigenvalue weighted by Crippen LogP contribution is 2.47. The van der Waals surface area contributed by atoms with Crippen molar-refractivity contribution in [3.8, 4) is 34.7 Å². The van der Waals surface area contributed by atoms with E-state index in [4.69, 9.17) is 10.7 Å². The predicted octanol–water partition coefficient (Wildman–Crippen LogP) is 1.61. The topological polar surface area (TPSA) is 160 Å². The van der Waals surface area contributed by atoms with Gasteiger partial charge in [0.1, 0.15) is 5.69 Å². The number of nitrogens with zero attached hydrogens (tertiary/aromatic N) is 9. The molecule has 0 saturated heterocycles. The summed E-state index contributed by atoms with van der Waals surface area (Å²) in [6.07, 6.45) is 8.40. The summed E-state index contributed by atoms with van der Waals surface area (Å²) in [5.74, 6) is 0.187. The number of rotatable bonds is 5. The Kier molecular flexibility index (Phi) is 4.43. The summed E-state index contributed by atoms with van der Waals surface area (Å²) in [4.78, 5) is 4.84. The lowest BCUT2D eigenvalue weighted by molar-refractivity contribution is 0.0885. The standard InChI is InChI=1S/C21H20N10O/c1-29-9-14(17(12-32)27-29)16-11-30-18(2-5-25-30)19(26-16)15-10-31(28-20(15)24)21(3-4-22)6-13(7-21)8-23/h2,5,9-11,13,32H,3,6-7,12H2,1H3,(H2,24,28). The van der Waals surface area contributed by atoms with Gasteiger partial charge in [0.25, 0.3) is 0 Å². The molecule has 0 radical (unpaired) electrons. The van der Waals surface area contributed by atoms with Crippen LogP contribution in [0.3, 0.4) is 0 Å². The summed E-state index contributed by atoms with van der Waals surface area (Å²) in [5.41, 5.74) is 9.50. The Morgan fingerprint density at radius 3 is 2.75 bits per heavy atom. The Balaban J connectivity index is 1.65. The van der Waals surface area contributed by atoms with Crippen LogP contribution in [0, 0.1) is 28.6 Å². The lowest BCUT2D eigenvalue weighted by atomic mass is 9.67. The quantitative estimate of drug-likeness (QED) is 0.485. The zero-order valence-corrected chi connectivity index (χ0v) is 17.3. The van der Waals surface area contributed by atoms with Crippen LogP contribution in [0.4, 0.5) is 5.82 Å². The molecule has 11 nitrogen and oxygen atoms in total. The first-order valence-corrected chi connectivity index (χ1v) is 10.1. The zero-order valence-electron chi connectivity index (χ0n) is 17.3. The SMILES string of the molecule is Cn1cc(-c2cn3nccc3c(-c3cn(C4(CC#N)CC(C#N)C4)nc3N)n2)c(CO)n1. The summed E-state index contributed by atoms with van der Waals surface area (Å²) >= 11 is 0. The number of nitrogens with two attached hydrogens (primary N) is 1. The predicted molar refractivity (Wildman–Crippen MR) is 113 cm³/mol. The van der Waals surface area contributed by atoms with Crippen LogP contribution in [-0.4, -0.2) is 39.3 Å². The largest absolute Gasteiger partial charge is 0.390 e. The number of fused-ring (bicyclic) bond motifs is 1. The first kappa shape index (κ1) is 19.7. The lowest BCUT2D eigenvalue weighted by Gasteiger charge is -2.43. The molecule has 4 aromatic rings. The van der Waals surface area contributed by atoms with E-state index in [1.165, 1.54) is 0 Å². The molecule has 0 amide bonds. The van der Waals surface area contributed by atoms with Crippen LogP contribution < -0.4 is 5.73 Å². The molecular weight excluding hydrogens is 408 g/mol. The van der Waals surface area contributed by atoms with Crippen molar-refractivity contribution >= 4 is 11.3 Å². The Labute approximate surface area is 182 Å². The molecule has 1 saturated carbocycles. The molecule has 5 rings (SSSR count). The molecule has 0 aromatic carbocycles. The Morgan fingerprint density at radius 1 is 1.22 bits per heavy atom. The van der Waals surface area contributed by atoms with Gasteiger partial charge in [0.15, 0.2) is 5.82 Å². The van der Waals surface area contributed by atoms with Crippen LogP contribution in [-0.2, 0) is 19.2 Å². The van der Waals surface area contributed by atoms with Crippen LogP contribution in [0.5, 0.6) is 0 Å². The molecule has 4 aromatic heterocycles. The molecule has 0 spiro atoms. The molecule has 0 aliphatic heterocycles. The average Bonchev–Trinajstić information content (AvgIpc) is 3.47. The first-order valence-electron chi connectivity index (χ1n) is 10.1. The third kappa shape index (κ3) is 2.91. The number of nitriles is 2. The molecular formula is C21H20N10O. The fourth-order valence-electron chi connectivity index (χ4n) is 4.44. The molecule has 1 aliphatic carbocycles. The summed E-state index contributed by atoms with van der Waals surface area (Å²) in [6, 6.07) is 6.31. The van der Waals surface area contributed by atoms with E-state index in [0.717, 1.165) is 5.52 Å². The summed E-state index contributed by atoms with van der Waals surface area (Å²) in [7, 11) is 1.78. The minimum absolute atomic E-state index is 0.0947. The fourth-order valence-corrected chi connectivity index (χ4v) is 4.44. The zero-order chi connectivity index (χ0) is 22.5. The fraction of sp³-hybridized carbons (Fsp3) is 0.333. The highest BCUT2D eigenvalue weighted by atomic mass is 16.3. The Bertz CT molecular complexity index is 1410. The van der Waals surface area contributed by atoms with Gasteiger partial charge in [0.2, 0.25) is 0 Å². The van der Waals surface area contributed by atoms with Crippen molar-refractivity contribution in [2.24, 2.45) is 13.0 Å². The molecule has 160 valence electrons. The van der Waals surface area contributed by atoms with Crippen LogP contribution in [0.25, 0.3) is 28.0 Å². The van der Waals surface area contributed by atoms with Crippen molar-refractivity contribution in [2.75, 3.05) is 5.73 Å². The Hall–Kier alpha value is -4.22. The molecule has 0 bridgehead atoms. The number of hydrogen-bond acceptors (Lipinski definition) is 8. The van der Waals surface area contributed by atoms with E-state index in [1.54, 1.807) is 45.7 Å². The monoisotopic (exact) mass is 428 g/mol. The van der Waals surface area contributed by atoms with Gasteiger partial charge in [-0.2, -0.15) is 25.8 Å². The highest BCUT2D eigenvalue weighted by Gasteiger charge is 2.47. The molecule has 1 aliphatic rings. The van der Waals surface area contributed by atoms with Gasteiger partial charge in [0, 0.05) is 25.0 Å². The van der Waals surface area contributed by atoms with Gasteiger partial charge in [-0.05, 0) is 18.9 Å². The van der Waals surface area contributed by atoms with Crippen LogP contribution in [0.15, 0.2) is 30.9 Å². The molecule has 4 heterocycles. The lowest BCUT2D eigenvalue weighted by Crippen LogP contribution is -2.46. The molecule has 1 fully saturated rings. The van der Waals surface area contributed by atoms with E-state index < -0.39 is 5.54 Å². The Morgan fingerprint density at radius 2 is 2.03 bits per heavy atom.